The molecule has 0 fully saturated rings. The number of ether oxygens (including phenoxy) is 1. The molecule has 0 unspecified atom stereocenters. The van der Waals surface area contributed by atoms with Crippen molar-refractivity contribution in [3.8, 4) is 5.75 Å². The van der Waals surface area contributed by atoms with E-state index in [1.165, 1.54) is 0 Å². The van der Waals surface area contributed by atoms with E-state index < -0.39 is 5.92 Å². The number of carbonyl (C=O) groups excluding carboxylic acids is 1. The van der Waals surface area contributed by atoms with Gasteiger partial charge in [-0.15, -0.1) is 0 Å². The first-order chi connectivity index (χ1) is 11.1. The number of rotatable bonds is 6. The average molecular weight is 313 g/mol. The first-order valence-corrected chi connectivity index (χ1v) is 7.67. The number of aryl methyl sites for hydroxylation is 2. The first kappa shape index (κ1) is 17.0. The van der Waals surface area contributed by atoms with E-state index >= 15 is 0 Å². The molecule has 2 aromatic rings. The Morgan fingerprint density at radius 2 is 1.96 bits per heavy atom. The maximum atomic E-state index is 12.0. The van der Waals surface area contributed by atoms with Crippen molar-refractivity contribution in [2.45, 2.75) is 26.4 Å². The van der Waals surface area contributed by atoms with Crippen LogP contribution in [-0.4, -0.2) is 24.7 Å². The maximum absolute atomic E-state index is 12.0. The molecule has 23 heavy (non-hydrogen) atoms. The third-order valence-corrected chi connectivity index (χ3v) is 3.90. The number of benzene rings is 2. The monoisotopic (exact) mass is 313 g/mol. The number of carbonyl (C=O) groups is 1. The Morgan fingerprint density at radius 3 is 2.65 bits per heavy atom. The van der Waals surface area contributed by atoms with Gasteiger partial charge in [0.1, 0.15) is 12.4 Å². The summed E-state index contributed by atoms with van der Waals surface area (Å²) in [5.41, 5.74) is 3.89. The van der Waals surface area contributed by atoms with Crippen molar-refractivity contribution in [2.24, 2.45) is 0 Å². The van der Waals surface area contributed by atoms with Crippen molar-refractivity contribution in [3.63, 3.8) is 0 Å². The quantitative estimate of drug-likeness (QED) is 0.862. The van der Waals surface area contributed by atoms with Crippen LogP contribution < -0.4 is 10.1 Å². The summed E-state index contributed by atoms with van der Waals surface area (Å²) in [5, 5.41) is 12.2. The zero-order chi connectivity index (χ0) is 16.8. The van der Waals surface area contributed by atoms with Crippen molar-refractivity contribution < 1.29 is 14.6 Å². The Balaban J connectivity index is 2.23. The van der Waals surface area contributed by atoms with E-state index in [-0.39, 0.29) is 12.5 Å². The van der Waals surface area contributed by atoms with Crippen molar-refractivity contribution >= 4 is 5.91 Å². The van der Waals surface area contributed by atoms with E-state index in [1.54, 1.807) is 7.05 Å². The third kappa shape index (κ3) is 4.11. The molecule has 0 aromatic heterocycles. The Bertz CT molecular complexity index is 682. The smallest absolute Gasteiger partial charge is 0.229 e. The van der Waals surface area contributed by atoms with Gasteiger partial charge in [-0.05, 0) is 42.2 Å². The predicted molar refractivity (Wildman–Crippen MR) is 90.6 cm³/mol. The van der Waals surface area contributed by atoms with E-state index in [4.69, 9.17) is 4.74 Å². The Kier molecular flexibility index (Phi) is 5.77. The van der Waals surface area contributed by atoms with Crippen LogP contribution in [0.15, 0.2) is 42.5 Å². The van der Waals surface area contributed by atoms with E-state index in [0.29, 0.717) is 6.61 Å². The highest BCUT2D eigenvalue weighted by atomic mass is 16.5. The minimum Gasteiger partial charge on any atom is -0.489 e. The molecule has 1 atom stereocenters. The predicted octanol–water partition coefficient (Wildman–Crippen LogP) is 2.70. The minimum absolute atomic E-state index is 0.202. The molecule has 0 heterocycles. The van der Waals surface area contributed by atoms with Crippen LogP contribution in [0.3, 0.4) is 0 Å². The van der Waals surface area contributed by atoms with Gasteiger partial charge in [0.2, 0.25) is 5.91 Å². The number of hydrogen-bond acceptors (Lipinski definition) is 3. The van der Waals surface area contributed by atoms with Crippen LogP contribution in [0.4, 0.5) is 0 Å². The minimum atomic E-state index is -0.585. The van der Waals surface area contributed by atoms with Gasteiger partial charge < -0.3 is 15.2 Å². The second kappa shape index (κ2) is 7.79. The molecule has 2 N–H and O–H groups in total. The zero-order valence-corrected chi connectivity index (χ0v) is 13.8. The average Bonchev–Trinajstić information content (AvgIpc) is 2.57. The summed E-state index contributed by atoms with van der Waals surface area (Å²) in [4.78, 5) is 12.0. The van der Waals surface area contributed by atoms with Crippen LogP contribution in [0, 0.1) is 13.8 Å². The normalized spacial score (nSPS) is 11.8. The number of likely N-dealkylation sites (N-methyl/N-ethyl adjacent to an activating group) is 1. The molecule has 122 valence electrons. The van der Waals surface area contributed by atoms with E-state index in [0.717, 1.165) is 28.0 Å². The maximum Gasteiger partial charge on any atom is 0.229 e. The zero-order valence-electron chi connectivity index (χ0n) is 13.8. The van der Waals surface area contributed by atoms with Gasteiger partial charge >= 0.3 is 0 Å². The lowest BCUT2D eigenvalue weighted by atomic mass is 9.94. The lowest BCUT2D eigenvalue weighted by Gasteiger charge is -2.18. The van der Waals surface area contributed by atoms with Crippen molar-refractivity contribution in [1.82, 2.24) is 5.32 Å². The highest BCUT2D eigenvalue weighted by Gasteiger charge is 2.21. The van der Waals surface area contributed by atoms with Crippen molar-refractivity contribution in [3.05, 3.63) is 64.7 Å². The molecule has 0 aliphatic carbocycles. The van der Waals surface area contributed by atoms with E-state index in [1.807, 2.05) is 56.3 Å². The molecule has 0 saturated heterocycles. The van der Waals surface area contributed by atoms with Crippen LogP contribution in [0.25, 0.3) is 0 Å². The highest BCUT2D eigenvalue weighted by Crippen LogP contribution is 2.24. The fourth-order valence-electron chi connectivity index (χ4n) is 2.52. The van der Waals surface area contributed by atoms with Gasteiger partial charge in [0.25, 0.3) is 0 Å². The Hall–Kier alpha value is -2.33. The number of nitrogens with one attached hydrogen (secondary N) is 1. The first-order valence-electron chi connectivity index (χ1n) is 7.67. The van der Waals surface area contributed by atoms with Gasteiger partial charge in [-0.1, -0.05) is 36.4 Å². The summed E-state index contributed by atoms with van der Waals surface area (Å²) in [6.07, 6.45) is 0. The SMILES string of the molecule is CNC(=O)[C@@H](CO)c1ccccc1COc1cc(C)ccc1C. The molecule has 0 spiro atoms. The molecular formula is C19H23NO3. The Morgan fingerprint density at radius 1 is 1.22 bits per heavy atom. The number of aliphatic hydroxyl groups excluding tert-OH is 1. The Labute approximate surface area is 137 Å². The summed E-state index contributed by atoms with van der Waals surface area (Å²) in [5.74, 6) is 0.0467. The van der Waals surface area contributed by atoms with Crippen molar-refractivity contribution in [1.29, 1.82) is 0 Å². The number of amides is 1. The van der Waals surface area contributed by atoms with Crippen LogP contribution >= 0.6 is 0 Å². The van der Waals surface area contributed by atoms with Gasteiger partial charge in [-0.25, -0.2) is 0 Å². The lowest BCUT2D eigenvalue weighted by molar-refractivity contribution is -0.122. The topological polar surface area (TPSA) is 58.6 Å². The van der Waals surface area contributed by atoms with Crippen molar-refractivity contribution in [2.75, 3.05) is 13.7 Å². The van der Waals surface area contributed by atoms with Gasteiger partial charge in [-0.2, -0.15) is 0 Å². The van der Waals surface area contributed by atoms with Crippen LogP contribution in [0.2, 0.25) is 0 Å². The molecule has 0 radical (unpaired) electrons. The summed E-state index contributed by atoms with van der Waals surface area (Å²) in [6, 6.07) is 13.6. The van der Waals surface area contributed by atoms with Gasteiger partial charge in [0, 0.05) is 7.05 Å². The molecule has 4 nitrogen and oxygen atoms in total. The summed E-state index contributed by atoms with van der Waals surface area (Å²) in [6.45, 7) is 4.14. The summed E-state index contributed by atoms with van der Waals surface area (Å²) < 4.78 is 5.94. The molecule has 0 bridgehead atoms. The summed E-state index contributed by atoms with van der Waals surface area (Å²) >= 11 is 0. The standard InChI is InChI=1S/C19H23NO3/c1-13-8-9-14(2)18(10-13)23-12-15-6-4-5-7-16(15)17(11-21)19(22)20-3/h4-10,17,21H,11-12H2,1-3H3,(H,20,22)/t17-/m0/s1. The lowest BCUT2D eigenvalue weighted by Crippen LogP contribution is -2.29. The molecule has 2 aromatic carbocycles. The largest absolute Gasteiger partial charge is 0.489 e. The van der Waals surface area contributed by atoms with Gasteiger partial charge in [0.15, 0.2) is 0 Å². The van der Waals surface area contributed by atoms with Crippen LogP contribution in [-0.2, 0) is 11.4 Å². The number of aliphatic hydroxyl groups is 1. The van der Waals surface area contributed by atoms with Gasteiger partial charge in [-0.3, -0.25) is 4.79 Å². The molecule has 0 saturated carbocycles. The highest BCUT2D eigenvalue weighted by molar-refractivity contribution is 5.83. The molecule has 0 aliphatic rings. The molecule has 2 rings (SSSR count). The van der Waals surface area contributed by atoms with E-state index in [2.05, 4.69) is 5.32 Å². The molecule has 1 amide bonds. The number of hydrogen-bond donors (Lipinski definition) is 2. The van der Waals surface area contributed by atoms with E-state index in [9.17, 15) is 9.90 Å². The second-order valence-corrected chi connectivity index (χ2v) is 5.61. The summed E-state index contributed by atoms with van der Waals surface area (Å²) in [7, 11) is 1.57. The molecular weight excluding hydrogens is 290 g/mol. The molecule has 0 aliphatic heterocycles. The van der Waals surface area contributed by atoms with Gasteiger partial charge in [0.05, 0.1) is 12.5 Å². The fraction of sp³-hybridized carbons (Fsp3) is 0.316. The third-order valence-electron chi connectivity index (χ3n) is 3.90. The van der Waals surface area contributed by atoms with Crippen LogP contribution in [0.1, 0.15) is 28.2 Å². The molecule has 4 heteroatoms. The van der Waals surface area contributed by atoms with Crippen LogP contribution in [0.5, 0.6) is 5.75 Å². The second-order valence-electron chi connectivity index (χ2n) is 5.61. The fourth-order valence-corrected chi connectivity index (χ4v) is 2.52.